The molecule has 130 valence electrons. The summed E-state index contributed by atoms with van der Waals surface area (Å²) in [6.07, 6.45) is 2.44. The van der Waals surface area contributed by atoms with Gasteiger partial charge in [0.05, 0.1) is 5.54 Å². The van der Waals surface area contributed by atoms with Crippen LogP contribution < -0.4 is 10.2 Å². The number of hydrogen-bond acceptors (Lipinski definition) is 3. The van der Waals surface area contributed by atoms with Gasteiger partial charge in [-0.05, 0) is 50.9 Å². The lowest BCUT2D eigenvalue weighted by Gasteiger charge is -2.52. The first-order chi connectivity index (χ1) is 11.6. The molecule has 5 heteroatoms. The highest BCUT2D eigenvalue weighted by atomic mass is 16.2. The third-order valence-electron chi connectivity index (χ3n) is 6.12. The number of urea groups is 1. The molecule has 4 aliphatic heterocycles. The molecule has 1 N–H and O–H groups in total. The van der Waals surface area contributed by atoms with Crippen molar-refractivity contribution < 1.29 is 4.79 Å². The monoisotopic (exact) mass is 328 g/mol. The molecule has 0 aliphatic carbocycles. The van der Waals surface area contributed by atoms with E-state index >= 15 is 0 Å². The average Bonchev–Trinajstić information content (AvgIpc) is 2.63. The zero-order valence-electron chi connectivity index (χ0n) is 14.6. The Hall–Kier alpha value is -1.75. The fourth-order valence-electron chi connectivity index (χ4n) is 4.59. The Balaban J connectivity index is 1.33. The van der Waals surface area contributed by atoms with Crippen molar-refractivity contribution in [2.45, 2.75) is 25.3 Å². The van der Waals surface area contributed by atoms with Gasteiger partial charge >= 0.3 is 6.03 Å². The molecule has 4 aliphatic rings. The van der Waals surface area contributed by atoms with Crippen molar-refractivity contribution in [1.29, 1.82) is 0 Å². The summed E-state index contributed by atoms with van der Waals surface area (Å²) < 4.78 is 0. The van der Waals surface area contributed by atoms with Gasteiger partial charge in [-0.2, -0.15) is 0 Å². The fourth-order valence-corrected chi connectivity index (χ4v) is 4.59. The van der Waals surface area contributed by atoms with Gasteiger partial charge in [0.1, 0.15) is 0 Å². The molecule has 24 heavy (non-hydrogen) atoms. The lowest BCUT2D eigenvalue weighted by atomic mass is 9.74. The van der Waals surface area contributed by atoms with Gasteiger partial charge in [-0.25, -0.2) is 4.79 Å². The number of carbonyl (C=O) groups is 1. The number of para-hydroxylation sites is 1. The standard InChI is InChI=1S/C19H28N4O/c1-19(15-21-9-7-16(19)8-10-21)20-18(24)23-13-11-22(12-14-23)17-5-3-2-4-6-17/h2-6,16H,7-15H2,1H3,(H,20,24). The maximum atomic E-state index is 12.8. The molecule has 1 aromatic carbocycles. The third kappa shape index (κ3) is 2.97. The first-order valence-electron chi connectivity index (χ1n) is 9.23. The first-order valence-corrected chi connectivity index (χ1v) is 9.23. The van der Waals surface area contributed by atoms with Crippen molar-refractivity contribution in [3.05, 3.63) is 30.3 Å². The van der Waals surface area contributed by atoms with E-state index in [1.807, 2.05) is 11.0 Å². The highest BCUT2D eigenvalue weighted by Gasteiger charge is 2.44. The van der Waals surface area contributed by atoms with Crippen LogP contribution in [0.4, 0.5) is 10.5 Å². The van der Waals surface area contributed by atoms with Crippen molar-refractivity contribution in [1.82, 2.24) is 15.1 Å². The van der Waals surface area contributed by atoms with Crippen LogP contribution in [0.2, 0.25) is 0 Å². The number of piperidine rings is 3. The van der Waals surface area contributed by atoms with Crippen molar-refractivity contribution in [2.24, 2.45) is 5.92 Å². The molecule has 0 radical (unpaired) electrons. The summed E-state index contributed by atoms with van der Waals surface area (Å²) in [7, 11) is 0. The Labute approximate surface area is 144 Å². The van der Waals surface area contributed by atoms with E-state index in [1.54, 1.807) is 0 Å². The summed E-state index contributed by atoms with van der Waals surface area (Å²) in [6, 6.07) is 10.6. The summed E-state index contributed by atoms with van der Waals surface area (Å²) >= 11 is 0. The molecule has 4 heterocycles. The highest BCUT2D eigenvalue weighted by molar-refractivity contribution is 5.75. The normalized spacial score (nSPS) is 32.7. The molecule has 5 rings (SSSR count). The number of nitrogens with one attached hydrogen (secondary N) is 1. The maximum Gasteiger partial charge on any atom is 0.317 e. The minimum atomic E-state index is -0.0514. The number of rotatable bonds is 2. The molecule has 2 bridgehead atoms. The van der Waals surface area contributed by atoms with Gasteiger partial charge in [0.15, 0.2) is 0 Å². The Bertz CT molecular complexity index is 576. The van der Waals surface area contributed by atoms with E-state index < -0.39 is 0 Å². The van der Waals surface area contributed by atoms with E-state index in [4.69, 9.17) is 0 Å². The van der Waals surface area contributed by atoms with Gasteiger partial charge < -0.3 is 20.0 Å². The summed E-state index contributed by atoms with van der Waals surface area (Å²) in [6.45, 7) is 9.05. The number of carbonyl (C=O) groups excluding carboxylic acids is 1. The molecule has 0 aromatic heterocycles. The van der Waals surface area contributed by atoms with Gasteiger partial charge in [-0.1, -0.05) is 18.2 Å². The molecule has 5 nitrogen and oxygen atoms in total. The number of fused-ring (bicyclic) bond motifs is 3. The predicted molar refractivity (Wildman–Crippen MR) is 96.3 cm³/mol. The molecule has 2 amide bonds. The second-order valence-corrected chi connectivity index (χ2v) is 7.71. The Morgan fingerprint density at radius 2 is 1.71 bits per heavy atom. The third-order valence-corrected chi connectivity index (χ3v) is 6.12. The van der Waals surface area contributed by atoms with E-state index in [-0.39, 0.29) is 11.6 Å². The molecule has 4 fully saturated rings. The van der Waals surface area contributed by atoms with Crippen LogP contribution in [-0.4, -0.2) is 67.2 Å². The minimum Gasteiger partial charge on any atom is -0.368 e. The van der Waals surface area contributed by atoms with Gasteiger partial charge in [0.25, 0.3) is 0 Å². The molecule has 1 aromatic rings. The number of anilines is 1. The number of hydrogen-bond donors (Lipinski definition) is 1. The summed E-state index contributed by atoms with van der Waals surface area (Å²) in [5, 5.41) is 3.38. The minimum absolute atomic E-state index is 0.0514. The zero-order valence-corrected chi connectivity index (χ0v) is 14.6. The summed E-state index contributed by atoms with van der Waals surface area (Å²) in [4.78, 5) is 19.6. The molecule has 1 unspecified atom stereocenters. The Kier molecular flexibility index (Phi) is 4.12. The van der Waals surface area contributed by atoms with Crippen molar-refractivity contribution in [3.8, 4) is 0 Å². The maximum absolute atomic E-state index is 12.8. The van der Waals surface area contributed by atoms with Gasteiger partial charge in [-0.3, -0.25) is 0 Å². The van der Waals surface area contributed by atoms with E-state index in [9.17, 15) is 4.79 Å². The predicted octanol–water partition coefficient (Wildman–Crippen LogP) is 2.00. The van der Waals surface area contributed by atoms with Crippen LogP contribution in [0.15, 0.2) is 30.3 Å². The average molecular weight is 328 g/mol. The van der Waals surface area contributed by atoms with Crippen LogP contribution in [0.1, 0.15) is 19.8 Å². The number of piperazine rings is 1. The number of benzene rings is 1. The Morgan fingerprint density at radius 1 is 1.04 bits per heavy atom. The quantitative estimate of drug-likeness (QED) is 0.902. The second kappa shape index (κ2) is 6.28. The number of amides is 2. The van der Waals surface area contributed by atoms with Crippen molar-refractivity contribution in [2.75, 3.05) is 50.7 Å². The smallest absolute Gasteiger partial charge is 0.317 e. The highest BCUT2D eigenvalue weighted by Crippen LogP contribution is 2.35. The Morgan fingerprint density at radius 3 is 2.29 bits per heavy atom. The van der Waals surface area contributed by atoms with Crippen molar-refractivity contribution >= 4 is 11.7 Å². The van der Waals surface area contributed by atoms with E-state index in [0.29, 0.717) is 5.92 Å². The molecule has 0 spiro atoms. The SMILES string of the molecule is CC1(NC(=O)N2CCN(c3ccccc3)CC2)CN2CCC1CC2. The van der Waals surface area contributed by atoms with Crippen LogP contribution in [0.3, 0.4) is 0 Å². The lowest BCUT2D eigenvalue weighted by molar-refractivity contribution is 0.0198. The summed E-state index contributed by atoms with van der Waals surface area (Å²) in [5.41, 5.74) is 1.20. The van der Waals surface area contributed by atoms with Gasteiger partial charge in [-0.15, -0.1) is 0 Å². The topological polar surface area (TPSA) is 38.8 Å². The van der Waals surface area contributed by atoms with Crippen LogP contribution in [0, 0.1) is 5.92 Å². The number of nitrogens with zero attached hydrogens (tertiary/aromatic N) is 3. The van der Waals surface area contributed by atoms with Crippen LogP contribution in [0.5, 0.6) is 0 Å². The van der Waals surface area contributed by atoms with Crippen LogP contribution in [0.25, 0.3) is 0 Å². The fraction of sp³-hybridized carbons (Fsp3) is 0.632. The first kappa shape index (κ1) is 15.8. The molecule has 0 saturated carbocycles. The molecule has 4 saturated heterocycles. The van der Waals surface area contributed by atoms with E-state index in [1.165, 1.54) is 31.6 Å². The molecular weight excluding hydrogens is 300 g/mol. The molecule has 1 atom stereocenters. The van der Waals surface area contributed by atoms with Gasteiger partial charge in [0, 0.05) is 38.4 Å². The summed E-state index contributed by atoms with van der Waals surface area (Å²) in [5.74, 6) is 0.636. The van der Waals surface area contributed by atoms with E-state index in [0.717, 1.165) is 32.7 Å². The van der Waals surface area contributed by atoms with Crippen molar-refractivity contribution in [3.63, 3.8) is 0 Å². The molecular formula is C19H28N4O. The van der Waals surface area contributed by atoms with Crippen LogP contribution in [-0.2, 0) is 0 Å². The zero-order chi connectivity index (χ0) is 16.6. The lowest BCUT2D eigenvalue weighted by Crippen LogP contribution is -2.67. The second-order valence-electron chi connectivity index (χ2n) is 7.71. The largest absolute Gasteiger partial charge is 0.368 e. The van der Waals surface area contributed by atoms with E-state index in [2.05, 4.69) is 46.3 Å². The van der Waals surface area contributed by atoms with Crippen LogP contribution >= 0.6 is 0 Å². The van der Waals surface area contributed by atoms with Gasteiger partial charge in [0.2, 0.25) is 0 Å².